The smallest absolute Gasteiger partial charge is 0.214 e. The van der Waals surface area contributed by atoms with Gasteiger partial charge in [-0.2, -0.15) is 4.31 Å². The molecule has 3 N–H and O–H groups in total. The molecule has 0 bridgehead atoms. The van der Waals surface area contributed by atoms with Gasteiger partial charge in [0.05, 0.1) is 23.4 Å². The SMILES string of the molecule is CCS(=O)(=O)N1CC(OCC[C@@H]2C[C@]2(N)C2CCN(C3=NC=C(Cl)CN3)CC2)C1. The van der Waals surface area contributed by atoms with E-state index in [4.69, 9.17) is 22.1 Å². The Labute approximate surface area is 178 Å². The minimum Gasteiger partial charge on any atom is -0.375 e. The van der Waals surface area contributed by atoms with Crippen LogP contribution in [0.2, 0.25) is 0 Å². The number of nitrogens with one attached hydrogen (secondary N) is 1. The maximum atomic E-state index is 11.7. The third-order valence-corrected chi connectivity index (χ3v) is 8.94. The molecule has 164 valence electrons. The number of sulfonamides is 1. The van der Waals surface area contributed by atoms with Crippen molar-refractivity contribution in [3.8, 4) is 0 Å². The second-order valence-electron chi connectivity index (χ2n) is 8.66. The first-order valence-electron chi connectivity index (χ1n) is 10.6. The molecule has 0 aromatic carbocycles. The molecule has 2 atom stereocenters. The van der Waals surface area contributed by atoms with E-state index in [-0.39, 0.29) is 17.4 Å². The summed E-state index contributed by atoms with van der Waals surface area (Å²) in [7, 11) is -3.07. The van der Waals surface area contributed by atoms with Crippen LogP contribution in [0.15, 0.2) is 16.2 Å². The third-order valence-electron chi connectivity index (χ3n) is 6.89. The highest BCUT2D eigenvalue weighted by Crippen LogP contribution is 2.51. The Morgan fingerprint density at radius 2 is 2.10 bits per heavy atom. The number of halogens is 1. The number of ether oxygens (including phenoxy) is 1. The number of rotatable bonds is 7. The van der Waals surface area contributed by atoms with Gasteiger partial charge in [0.25, 0.3) is 0 Å². The molecular formula is C19H32ClN5O3S. The number of hydrogen-bond donors (Lipinski definition) is 2. The van der Waals surface area contributed by atoms with E-state index in [1.807, 2.05) is 0 Å². The van der Waals surface area contributed by atoms with Crippen LogP contribution in [0, 0.1) is 11.8 Å². The number of aliphatic imine (C=N–C) groups is 1. The molecule has 4 rings (SSSR count). The molecule has 0 aromatic rings. The maximum absolute atomic E-state index is 11.7. The van der Waals surface area contributed by atoms with Gasteiger partial charge in [0.15, 0.2) is 5.96 Å². The summed E-state index contributed by atoms with van der Waals surface area (Å²) in [6.45, 7) is 5.90. The van der Waals surface area contributed by atoms with Crippen LogP contribution in [-0.2, 0) is 14.8 Å². The Kier molecular flexibility index (Phi) is 6.14. The van der Waals surface area contributed by atoms with Gasteiger partial charge in [-0.25, -0.2) is 13.4 Å². The molecule has 0 amide bonds. The van der Waals surface area contributed by atoms with E-state index in [9.17, 15) is 8.42 Å². The molecule has 8 nitrogen and oxygen atoms in total. The Hall–Kier alpha value is -0.870. The number of nitrogens with zero attached hydrogens (tertiary/aromatic N) is 3. The second kappa shape index (κ2) is 8.34. The molecule has 0 aromatic heterocycles. The molecule has 4 aliphatic rings. The third kappa shape index (κ3) is 4.58. The summed E-state index contributed by atoms with van der Waals surface area (Å²) < 4.78 is 30.9. The number of hydrogen-bond acceptors (Lipinski definition) is 7. The molecule has 3 aliphatic heterocycles. The van der Waals surface area contributed by atoms with E-state index in [2.05, 4.69) is 15.2 Å². The topological polar surface area (TPSA) is 100 Å². The van der Waals surface area contributed by atoms with Crippen LogP contribution < -0.4 is 11.1 Å². The van der Waals surface area contributed by atoms with Crippen LogP contribution in [0.3, 0.4) is 0 Å². The Balaban J connectivity index is 1.15. The Bertz CT molecular complexity index is 775. The molecule has 3 fully saturated rings. The molecule has 1 saturated carbocycles. The van der Waals surface area contributed by atoms with Crippen molar-refractivity contribution in [1.82, 2.24) is 14.5 Å². The Morgan fingerprint density at radius 1 is 1.38 bits per heavy atom. The summed E-state index contributed by atoms with van der Waals surface area (Å²) >= 11 is 5.95. The van der Waals surface area contributed by atoms with Gasteiger partial charge in [0.2, 0.25) is 10.0 Å². The highest BCUT2D eigenvalue weighted by molar-refractivity contribution is 7.89. The standard InChI is InChI=1S/C19H32ClN5O3S/c1-2-29(26,27)25-12-17(13-25)28-8-5-15-9-19(15,21)14-3-6-24(7-4-14)18-22-10-16(20)11-23-18/h10,14-15,17H,2-9,11-13,21H2,1H3,(H,22,23)/t15-,19+/m1/s1. The Morgan fingerprint density at radius 3 is 2.72 bits per heavy atom. The van der Waals surface area contributed by atoms with Gasteiger partial charge < -0.3 is 20.7 Å². The molecule has 0 spiro atoms. The van der Waals surface area contributed by atoms with Gasteiger partial charge in [0, 0.05) is 44.5 Å². The lowest BCUT2D eigenvalue weighted by Crippen LogP contribution is -2.55. The van der Waals surface area contributed by atoms with E-state index in [1.54, 1.807) is 13.1 Å². The zero-order valence-electron chi connectivity index (χ0n) is 17.0. The minimum atomic E-state index is -3.07. The van der Waals surface area contributed by atoms with Crippen molar-refractivity contribution in [2.24, 2.45) is 22.6 Å². The second-order valence-corrected chi connectivity index (χ2v) is 11.4. The minimum absolute atomic E-state index is 0.0387. The zero-order chi connectivity index (χ0) is 20.6. The average Bonchev–Trinajstić information content (AvgIpc) is 3.35. The van der Waals surface area contributed by atoms with Crippen molar-refractivity contribution in [3.05, 3.63) is 11.2 Å². The van der Waals surface area contributed by atoms with Crippen LogP contribution in [0.5, 0.6) is 0 Å². The lowest BCUT2D eigenvalue weighted by atomic mass is 9.86. The first-order valence-corrected chi connectivity index (χ1v) is 12.6. The van der Waals surface area contributed by atoms with Gasteiger partial charge in [-0.1, -0.05) is 11.6 Å². The van der Waals surface area contributed by atoms with Crippen LogP contribution in [0.25, 0.3) is 0 Å². The summed E-state index contributed by atoms with van der Waals surface area (Å²) in [6, 6.07) is 0. The predicted molar refractivity (Wildman–Crippen MR) is 114 cm³/mol. The molecule has 2 saturated heterocycles. The van der Waals surface area contributed by atoms with E-state index in [0.717, 1.165) is 49.8 Å². The van der Waals surface area contributed by atoms with Crippen molar-refractivity contribution < 1.29 is 13.2 Å². The van der Waals surface area contributed by atoms with Crippen LogP contribution in [0.1, 0.15) is 32.6 Å². The van der Waals surface area contributed by atoms with Gasteiger partial charge in [-0.05, 0) is 44.4 Å². The monoisotopic (exact) mass is 445 g/mol. The fraction of sp³-hybridized carbons (Fsp3) is 0.842. The predicted octanol–water partition coefficient (Wildman–Crippen LogP) is 0.896. The molecule has 10 heteroatoms. The molecular weight excluding hydrogens is 414 g/mol. The van der Waals surface area contributed by atoms with E-state index >= 15 is 0 Å². The molecule has 1 aliphatic carbocycles. The van der Waals surface area contributed by atoms with E-state index in [1.165, 1.54) is 4.31 Å². The van der Waals surface area contributed by atoms with Gasteiger partial charge >= 0.3 is 0 Å². The van der Waals surface area contributed by atoms with Crippen molar-refractivity contribution in [2.45, 2.75) is 44.2 Å². The van der Waals surface area contributed by atoms with Crippen LogP contribution in [0.4, 0.5) is 0 Å². The van der Waals surface area contributed by atoms with Gasteiger partial charge in [-0.15, -0.1) is 0 Å². The van der Waals surface area contributed by atoms with Crippen molar-refractivity contribution in [1.29, 1.82) is 0 Å². The maximum Gasteiger partial charge on any atom is 0.214 e. The van der Waals surface area contributed by atoms with Crippen LogP contribution >= 0.6 is 11.6 Å². The van der Waals surface area contributed by atoms with Gasteiger partial charge in [0.1, 0.15) is 0 Å². The number of nitrogens with two attached hydrogens (primary N) is 1. The molecule has 3 heterocycles. The quantitative estimate of drug-likeness (QED) is 0.603. The molecule has 0 unspecified atom stereocenters. The summed E-state index contributed by atoms with van der Waals surface area (Å²) in [5.74, 6) is 2.13. The first kappa shape index (κ1) is 21.4. The fourth-order valence-electron chi connectivity index (χ4n) is 4.74. The van der Waals surface area contributed by atoms with Crippen molar-refractivity contribution >= 4 is 27.6 Å². The highest BCUT2D eigenvalue weighted by atomic mass is 35.5. The number of likely N-dealkylation sites (tertiary alicyclic amines) is 1. The van der Waals surface area contributed by atoms with Gasteiger partial charge in [-0.3, -0.25) is 0 Å². The summed E-state index contributed by atoms with van der Waals surface area (Å²) in [4.78, 5) is 6.68. The first-order chi connectivity index (χ1) is 13.8. The fourth-order valence-corrected chi connectivity index (χ4v) is 6.01. The van der Waals surface area contributed by atoms with Crippen molar-refractivity contribution in [2.75, 3.05) is 45.1 Å². The number of piperidine rings is 1. The van der Waals surface area contributed by atoms with E-state index in [0.29, 0.717) is 38.1 Å². The lowest BCUT2D eigenvalue weighted by molar-refractivity contribution is -0.0227. The highest BCUT2D eigenvalue weighted by Gasteiger charge is 2.55. The normalized spacial score (nSPS) is 31.7. The molecule has 0 radical (unpaired) electrons. The zero-order valence-corrected chi connectivity index (χ0v) is 18.6. The molecule has 29 heavy (non-hydrogen) atoms. The number of guanidine groups is 1. The largest absolute Gasteiger partial charge is 0.375 e. The van der Waals surface area contributed by atoms with Crippen LogP contribution in [-0.4, -0.2) is 80.3 Å². The summed E-state index contributed by atoms with van der Waals surface area (Å²) in [5.41, 5.74) is 6.68. The van der Waals surface area contributed by atoms with Crippen molar-refractivity contribution in [3.63, 3.8) is 0 Å². The summed E-state index contributed by atoms with van der Waals surface area (Å²) in [6.07, 6.45) is 5.96. The average molecular weight is 446 g/mol. The summed E-state index contributed by atoms with van der Waals surface area (Å²) in [5, 5.41) is 4.00. The lowest BCUT2D eigenvalue weighted by Gasteiger charge is -2.38. The van der Waals surface area contributed by atoms with E-state index < -0.39 is 10.0 Å².